The van der Waals surface area contributed by atoms with E-state index >= 15 is 0 Å². The average Bonchev–Trinajstić information content (AvgIpc) is 3.20. The van der Waals surface area contributed by atoms with E-state index in [0.29, 0.717) is 13.2 Å². The minimum absolute atomic E-state index is 0. The lowest BCUT2D eigenvalue weighted by Crippen LogP contribution is -2.38. The third-order valence-electron chi connectivity index (χ3n) is 4.11. The highest BCUT2D eigenvalue weighted by atomic mass is 127. The van der Waals surface area contributed by atoms with Gasteiger partial charge in [0.15, 0.2) is 5.96 Å². The van der Waals surface area contributed by atoms with Crippen molar-refractivity contribution in [1.29, 1.82) is 0 Å². The Balaban J connectivity index is 0.00000338. The molecule has 0 amide bonds. The number of guanidine groups is 1. The van der Waals surface area contributed by atoms with Crippen LogP contribution in [0.4, 0.5) is 0 Å². The standard InChI is InChI=1S/C18H30N6O.HI/c1-5-19-18(20-8-11-23-9-6-7-10-23)21-14-17-15(2)22-24(16(17)3)12-13-25-4;/h6-7,9-10H,5,8,11-14H2,1-4H3,(H2,19,20,21);1H. The van der Waals surface area contributed by atoms with Gasteiger partial charge in [-0.2, -0.15) is 5.10 Å². The molecule has 2 rings (SSSR count). The van der Waals surface area contributed by atoms with Crippen molar-refractivity contribution in [3.8, 4) is 0 Å². The molecule has 2 aromatic heterocycles. The Morgan fingerprint density at radius 3 is 2.58 bits per heavy atom. The summed E-state index contributed by atoms with van der Waals surface area (Å²) in [5, 5.41) is 11.3. The Morgan fingerprint density at radius 1 is 1.19 bits per heavy atom. The number of aryl methyl sites for hydroxylation is 1. The molecule has 2 aromatic rings. The van der Waals surface area contributed by atoms with E-state index in [-0.39, 0.29) is 24.0 Å². The molecule has 8 heteroatoms. The Kier molecular flexibility index (Phi) is 10.3. The molecule has 0 radical (unpaired) electrons. The van der Waals surface area contributed by atoms with E-state index in [1.165, 1.54) is 5.56 Å². The number of hydrogen-bond acceptors (Lipinski definition) is 3. The van der Waals surface area contributed by atoms with Gasteiger partial charge in [-0.15, -0.1) is 24.0 Å². The van der Waals surface area contributed by atoms with Crippen LogP contribution in [0.1, 0.15) is 23.9 Å². The maximum Gasteiger partial charge on any atom is 0.191 e. The van der Waals surface area contributed by atoms with Crippen LogP contribution in [0, 0.1) is 13.8 Å². The molecule has 0 unspecified atom stereocenters. The highest BCUT2D eigenvalue weighted by molar-refractivity contribution is 14.0. The molecule has 0 aliphatic heterocycles. The van der Waals surface area contributed by atoms with Gasteiger partial charge in [-0.05, 0) is 32.9 Å². The van der Waals surface area contributed by atoms with Crippen molar-refractivity contribution < 1.29 is 4.74 Å². The van der Waals surface area contributed by atoms with E-state index in [1.54, 1.807) is 7.11 Å². The number of hydrogen-bond donors (Lipinski definition) is 2. The lowest BCUT2D eigenvalue weighted by Gasteiger charge is -2.12. The zero-order chi connectivity index (χ0) is 18.1. The lowest BCUT2D eigenvalue weighted by atomic mass is 10.2. The van der Waals surface area contributed by atoms with Crippen molar-refractivity contribution in [2.24, 2.45) is 4.99 Å². The first-order valence-corrected chi connectivity index (χ1v) is 8.80. The van der Waals surface area contributed by atoms with E-state index in [9.17, 15) is 0 Å². The molecule has 0 aliphatic rings. The third kappa shape index (κ3) is 6.64. The zero-order valence-corrected chi connectivity index (χ0v) is 18.5. The molecule has 2 heterocycles. The van der Waals surface area contributed by atoms with Gasteiger partial charge < -0.3 is 19.9 Å². The predicted molar refractivity (Wildman–Crippen MR) is 116 cm³/mol. The van der Waals surface area contributed by atoms with Crippen molar-refractivity contribution in [1.82, 2.24) is 25.0 Å². The molecule has 0 atom stereocenters. The van der Waals surface area contributed by atoms with E-state index < -0.39 is 0 Å². The molecule has 0 saturated heterocycles. The number of aromatic nitrogens is 3. The molecule has 0 saturated carbocycles. The largest absolute Gasteiger partial charge is 0.383 e. The topological polar surface area (TPSA) is 68.4 Å². The Bertz CT molecular complexity index is 666. The van der Waals surface area contributed by atoms with Gasteiger partial charge in [0.05, 0.1) is 25.4 Å². The first-order chi connectivity index (χ1) is 12.2. The van der Waals surface area contributed by atoms with E-state index in [2.05, 4.69) is 46.5 Å². The van der Waals surface area contributed by atoms with Gasteiger partial charge in [0, 0.05) is 50.4 Å². The molecule has 2 N–H and O–H groups in total. The normalized spacial score (nSPS) is 11.3. The van der Waals surface area contributed by atoms with Crippen LogP contribution in [0.25, 0.3) is 0 Å². The Morgan fingerprint density at radius 2 is 1.92 bits per heavy atom. The highest BCUT2D eigenvalue weighted by Crippen LogP contribution is 2.14. The van der Waals surface area contributed by atoms with Crippen molar-refractivity contribution >= 4 is 29.9 Å². The quantitative estimate of drug-likeness (QED) is 0.333. The maximum atomic E-state index is 5.14. The molecule has 0 bridgehead atoms. The van der Waals surface area contributed by atoms with Crippen LogP contribution in [0.2, 0.25) is 0 Å². The van der Waals surface area contributed by atoms with Gasteiger partial charge >= 0.3 is 0 Å². The molecule has 0 aromatic carbocycles. The number of halogens is 1. The number of nitrogens with one attached hydrogen (secondary N) is 2. The van der Waals surface area contributed by atoms with Gasteiger partial charge in [0.25, 0.3) is 0 Å². The zero-order valence-electron chi connectivity index (χ0n) is 16.2. The van der Waals surface area contributed by atoms with E-state index in [0.717, 1.165) is 43.5 Å². The molecule has 26 heavy (non-hydrogen) atoms. The second-order valence-electron chi connectivity index (χ2n) is 5.91. The van der Waals surface area contributed by atoms with Gasteiger partial charge in [-0.25, -0.2) is 4.99 Å². The number of nitrogens with zero attached hydrogens (tertiary/aromatic N) is 4. The SMILES string of the molecule is CCNC(=NCc1c(C)nn(CCOC)c1C)NCCn1cccc1.I. The minimum atomic E-state index is 0. The summed E-state index contributed by atoms with van der Waals surface area (Å²) < 4.78 is 9.28. The second-order valence-corrected chi connectivity index (χ2v) is 5.91. The fourth-order valence-corrected chi connectivity index (χ4v) is 2.68. The summed E-state index contributed by atoms with van der Waals surface area (Å²) in [6, 6.07) is 4.07. The Labute approximate surface area is 173 Å². The highest BCUT2D eigenvalue weighted by Gasteiger charge is 2.11. The van der Waals surface area contributed by atoms with Crippen molar-refractivity contribution in [3.63, 3.8) is 0 Å². The van der Waals surface area contributed by atoms with Crippen LogP contribution in [-0.4, -0.2) is 47.1 Å². The molecule has 146 valence electrons. The summed E-state index contributed by atoms with van der Waals surface area (Å²) in [7, 11) is 1.71. The molecule has 0 fully saturated rings. The summed E-state index contributed by atoms with van der Waals surface area (Å²) in [4.78, 5) is 4.72. The smallest absolute Gasteiger partial charge is 0.191 e. The molecular formula is C18H31IN6O. The first-order valence-electron chi connectivity index (χ1n) is 8.80. The predicted octanol–water partition coefficient (Wildman–Crippen LogP) is 2.32. The Hall–Kier alpha value is -1.55. The summed E-state index contributed by atoms with van der Waals surface area (Å²) in [6.07, 6.45) is 4.12. The molecular weight excluding hydrogens is 443 g/mol. The monoisotopic (exact) mass is 474 g/mol. The summed E-state index contributed by atoms with van der Waals surface area (Å²) in [6.45, 7) is 10.8. The van der Waals surface area contributed by atoms with Gasteiger partial charge in [-0.3, -0.25) is 4.68 Å². The van der Waals surface area contributed by atoms with Crippen molar-refractivity contribution in [2.45, 2.75) is 40.4 Å². The van der Waals surface area contributed by atoms with Crippen molar-refractivity contribution in [3.05, 3.63) is 41.5 Å². The number of rotatable bonds is 9. The number of aliphatic imine (C=N–C) groups is 1. The van der Waals surface area contributed by atoms with E-state index in [1.807, 2.05) is 23.7 Å². The fraction of sp³-hybridized carbons (Fsp3) is 0.556. The third-order valence-corrected chi connectivity index (χ3v) is 4.11. The lowest BCUT2D eigenvalue weighted by molar-refractivity contribution is 0.182. The second kappa shape index (κ2) is 11.9. The average molecular weight is 474 g/mol. The summed E-state index contributed by atoms with van der Waals surface area (Å²) in [5.74, 6) is 0.832. The molecule has 7 nitrogen and oxygen atoms in total. The first kappa shape index (κ1) is 22.5. The van der Waals surface area contributed by atoms with Crippen LogP contribution in [0.3, 0.4) is 0 Å². The van der Waals surface area contributed by atoms with Gasteiger partial charge in [0.2, 0.25) is 0 Å². The van der Waals surface area contributed by atoms with Crippen LogP contribution in [0.15, 0.2) is 29.5 Å². The summed E-state index contributed by atoms with van der Waals surface area (Å²) >= 11 is 0. The maximum absolute atomic E-state index is 5.14. The van der Waals surface area contributed by atoms with Crippen LogP contribution in [0.5, 0.6) is 0 Å². The van der Waals surface area contributed by atoms with Gasteiger partial charge in [-0.1, -0.05) is 0 Å². The minimum Gasteiger partial charge on any atom is -0.383 e. The van der Waals surface area contributed by atoms with Gasteiger partial charge in [0.1, 0.15) is 0 Å². The van der Waals surface area contributed by atoms with Crippen molar-refractivity contribution in [2.75, 3.05) is 26.8 Å². The number of methoxy groups -OCH3 is 1. The fourth-order valence-electron chi connectivity index (χ4n) is 2.68. The molecule has 0 aliphatic carbocycles. The van der Waals surface area contributed by atoms with E-state index in [4.69, 9.17) is 9.73 Å². The number of ether oxygens (including phenoxy) is 1. The van der Waals surface area contributed by atoms with Crippen LogP contribution in [-0.2, 0) is 24.4 Å². The molecule has 0 spiro atoms. The summed E-state index contributed by atoms with van der Waals surface area (Å²) in [5.41, 5.74) is 3.36. The van der Waals surface area contributed by atoms with Crippen LogP contribution < -0.4 is 10.6 Å². The van der Waals surface area contributed by atoms with Crippen LogP contribution >= 0.6 is 24.0 Å².